The number of carbonyl (C=O) groups excluding carboxylic acids is 1. The summed E-state index contributed by atoms with van der Waals surface area (Å²) in [5.74, 6) is -0.123. The van der Waals surface area contributed by atoms with Crippen LogP contribution in [0.3, 0.4) is 0 Å². The van der Waals surface area contributed by atoms with Gasteiger partial charge in [0.15, 0.2) is 11.5 Å². The van der Waals surface area contributed by atoms with Gasteiger partial charge < -0.3 is 9.53 Å². The molecule has 0 atom stereocenters. The van der Waals surface area contributed by atoms with E-state index in [1.54, 1.807) is 12.3 Å². The lowest BCUT2D eigenvalue weighted by Gasteiger charge is -2.01. The summed E-state index contributed by atoms with van der Waals surface area (Å²) in [6.07, 6.45) is 0. The van der Waals surface area contributed by atoms with Crippen LogP contribution in [0.4, 0.5) is 0 Å². The van der Waals surface area contributed by atoms with Gasteiger partial charge >= 0.3 is 5.97 Å². The molecule has 0 radical (unpaired) electrons. The number of rotatable bonds is 3. The Morgan fingerprint density at radius 1 is 1.42 bits per heavy atom. The highest BCUT2D eigenvalue weighted by Crippen LogP contribution is 2.33. The number of nitrogens with zero attached hydrogens (tertiary/aromatic N) is 1. The third-order valence-corrected chi connectivity index (χ3v) is 4.21. The first-order chi connectivity index (χ1) is 9.17. The number of thiophene rings is 1. The maximum Gasteiger partial charge on any atom is 0.528 e. The molecule has 3 nitrogen and oxygen atoms in total. The lowest BCUT2D eigenvalue weighted by molar-refractivity contribution is 0.295. The van der Waals surface area contributed by atoms with Crippen molar-refractivity contribution >= 4 is 39.9 Å². The third-order valence-electron chi connectivity index (χ3n) is 2.52. The van der Waals surface area contributed by atoms with Crippen molar-refractivity contribution in [2.24, 2.45) is 0 Å². The molecule has 96 valence electrons. The molecule has 1 N–H and O–H groups in total. The van der Waals surface area contributed by atoms with Gasteiger partial charge in [-0.1, -0.05) is 12.1 Å². The van der Waals surface area contributed by atoms with Gasteiger partial charge in [-0.2, -0.15) is 5.26 Å². The van der Waals surface area contributed by atoms with Crippen molar-refractivity contribution in [1.82, 2.24) is 0 Å². The van der Waals surface area contributed by atoms with Gasteiger partial charge in [-0.15, -0.1) is 11.3 Å². The Balaban J connectivity index is 2.54. The average Bonchev–Trinajstić information content (AvgIpc) is 2.83. The lowest BCUT2D eigenvalue weighted by atomic mass is 10.0. The number of halogens is 1. The zero-order chi connectivity index (χ0) is 13.8. The summed E-state index contributed by atoms with van der Waals surface area (Å²) in [6, 6.07) is 9.97. The minimum Gasteiger partial charge on any atom is -0.334 e. The molecule has 19 heavy (non-hydrogen) atoms. The standard InChI is InChI=1S/C14H10INO2S/c1-2-18-14(17)13-12(10(7-16)8-19-13)9-3-5-11(15)6-4-9/h3-6,8H,2H2,1H3/p+1. The van der Waals surface area contributed by atoms with E-state index >= 15 is 0 Å². The van der Waals surface area contributed by atoms with E-state index in [-0.39, 0.29) is 5.97 Å². The van der Waals surface area contributed by atoms with E-state index in [9.17, 15) is 10.1 Å². The van der Waals surface area contributed by atoms with E-state index < -0.39 is 0 Å². The smallest absolute Gasteiger partial charge is 0.334 e. The van der Waals surface area contributed by atoms with Gasteiger partial charge in [0.1, 0.15) is 6.07 Å². The average molecular weight is 384 g/mol. The summed E-state index contributed by atoms with van der Waals surface area (Å²) in [6.45, 7) is 2.19. The number of hydrogen-bond acceptors (Lipinski definition) is 3. The molecule has 2 aromatic rings. The molecule has 0 saturated carbocycles. The first-order valence-corrected chi connectivity index (χ1v) is 7.59. The summed E-state index contributed by atoms with van der Waals surface area (Å²) in [7, 11) is 0. The van der Waals surface area contributed by atoms with Crippen LogP contribution in [0.25, 0.3) is 11.1 Å². The number of hydrogen-bond donors (Lipinski definition) is 0. The van der Waals surface area contributed by atoms with E-state index in [1.807, 2.05) is 24.3 Å². The SMILES string of the molecule is CCOC(=[OH+])c1scc(C#N)c1-c1ccc(I)cc1. The summed E-state index contributed by atoms with van der Waals surface area (Å²) >= 11 is 3.54. The fourth-order valence-corrected chi connectivity index (χ4v) is 2.97. The zero-order valence-electron chi connectivity index (χ0n) is 10.2. The van der Waals surface area contributed by atoms with Crippen LogP contribution in [0, 0.1) is 14.9 Å². The minimum absolute atomic E-state index is 0.123. The van der Waals surface area contributed by atoms with Crippen LogP contribution < -0.4 is 0 Å². The Kier molecular flexibility index (Phi) is 4.56. The van der Waals surface area contributed by atoms with Gasteiger partial charge in [-0.3, -0.25) is 0 Å². The molecule has 0 fully saturated rings. The maximum absolute atomic E-state index is 9.92. The molecule has 0 aliphatic heterocycles. The minimum atomic E-state index is -0.123. The van der Waals surface area contributed by atoms with Gasteiger partial charge in [0.2, 0.25) is 0 Å². The van der Waals surface area contributed by atoms with Crippen molar-refractivity contribution in [3.8, 4) is 17.2 Å². The molecule has 2 rings (SSSR count). The van der Waals surface area contributed by atoms with Gasteiger partial charge in [-0.25, -0.2) is 0 Å². The molecule has 0 aliphatic rings. The monoisotopic (exact) mass is 384 g/mol. The number of benzene rings is 1. The van der Waals surface area contributed by atoms with Crippen LogP contribution in [0.1, 0.15) is 17.4 Å². The first kappa shape index (κ1) is 14.0. The highest BCUT2D eigenvalue weighted by Gasteiger charge is 2.25. The van der Waals surface area contributed by atoms with Crippen molar-refractivity contribution in [2.75, 3.05) is 6.61 Å². The molecule has 0 amide bonds. The molecule has 5 heteroatoms. The first-order valence-electron chi connectivity index (χ1n) is 5.64. The van der Waals surface area contributed by atoms with E-state index in [1.165, 1.54) is 11.3 Å². The normalized spacial score (nSPS) is 9.95. The Labute approximate surface area is 129 Å². The van der Waals surface area contributed by atoms with Crippen molar-refractivity contribution in [1.29, 1.82) is 5.26 Å². The highest BCUT2D eigenvalue weighted by molar-refractivity contribution is 14.1. The molecule has 1 aromatic heterocycles. The fourth-order valence-electron chi connectivity index (χ4n) is 1.70. The summed E-state index contributed by atoms with van der Waals surface area (Å²) < 4.78 is 6.26. The quantitative estimate of drug-likeness (QED) is 0.460. The Morgan fingerprint density at radius 3 is 2.68 bits per heavy atom. The second-order valence-corrected chi connectivity index (χ2v) is 5.84. The molecule has 0 spiro atoms. The Bertz CT molecular complexity index is 640. The van der Waals surface area contributed by atoms with Gasteiger partial charge in [0.05, 0.1) is 5.56 Å². The molecule has 0 saturated heterocycles. The predicted molar refractivity (Wildman–Crippen MR) is 84.9 cm³/mol. The fraction of sp³-hybridized carbons (Fsp3) is 0.143. The van der Waals surface area contributed by atoms with Crippen LogP contribution >= 0.6 is 33.9 Å². The largest absolute Gasteiger partial charge is 0.528 e. The van der Waals surface area contributed by atoms with Gasteiger partial charge in [0, 0.05) is 14.5 Å². The van der Waals surface area contributed by atoms with E-state index in [4.69, 9.17) is 4.74 Å². The van der Waals surface area contributed by atoms with Crippen LogP contribution in [0.15, 0.2) is 29.6 Å². The zero-order valence-corrected chi connectivity index (χ0v) is 13.2. The molecule has 1 aromatic carbocycles. The van der Waals surface area contributed by atoms with Gasteiger partial charge in [0.25, 0.3) is 0 Å². The van der Waals surface area contributed by atoms with E-state index in [0.29, 0.717) is 17.0 Å². The lowest BCUT2D eigenvalue weighted by Crippen LogP contribution is -2.05. The van der Waals surface area contributed by atoms with Crippen molar-refractivity contribution in [3.05, 3.63) is 43.7 Å². The topological polar surface area (TPSA) is 54.4 Å². The molecule has 0 bridgehead atoms. The Hall–Kier alpha value is -1.39. The number of nitriles is 1. The second-order valence-electron chi connectivity index (χ2n) is 3.71. The van der Waals surface area contributed by atoms with Crippen LogP contribution in [0.2, 0.25) is 0 Å². The van der Waals surface area contributed by atoms with Crippen molar-refractivity contribution in [2.45, 2.75) is 6.92 Å². The van der Waals surface area contributed by atoms with E-state index in [2.05, 4.69) is 28.7 Å². The summed E-state index contributed by atoms with van der Waals surface area (Å²) in [5.41, 5.74) is 2.18. The maximum atomic E-state index is 9.92. The number of esters is 1. The summed E-state index contributed by atoms with van der Waals surface area (Å²) in [4.78, 5) is 10.5. The van der Waals surface area contributed by atoms with Crippen LogP contribution in [-0.4, -0.2) is 17.4 Å². The second kappa shape index (κ2) is 6.17. The van der Waals surface area contributed by atoms with Crippen molar-refractivity contribution in [3.63, 3.8) is 0 Å². The molecule has 0 unspecified atom stereocenters. The van der Waals surface area contributed by atoms with E-state index in [0.717, 1.165) is 14.7 Å². The van der Waals surface area contributed by atoms with Crippen molar-refractivity contribution < 1.29 is 9.53 Å². The predicted octanol–water partition coefficient (Wildman–Crippen LogP) is 3.78. The summed E-state index contributed by atoms with van der Waals surface area (Å²) in [5, 5.41) is 10.9. The highest BCUT2D eigenvalue weighted by atomic mass is 127. The molecular weight excluding hydrogens is 373 g/mol. The molecule has 1 heterocycles. The molecule has 0 aliphatic carbocycles. The third kappa shape index (κ3) is 2.96. The van der Waals surface area contributed by atoms with Crippen LogP contribution in [0.5, 0.6) is 0 Å². The number of ether oxygens (including phenoxy) is 1. The molecular formula is C14H11INO2S+. The van der Waals surface area contributed by atoms with Crippen LogP contribution in [-0.2, 0) is 4.74 Å². The Morgan fingerprint density at radius 2 is 2.11 bits per heavy atom. The van der Waals surface area contributed by atoms with Gasteiger partial charge in [-0.05, 0) is 47.2 Å².